The van der Waals surface area contributed by atoms with E-state index in [-0.39, 0.29) is 19.1 Å². The summed E-state index contributed by atoms with van der Waals surface area (Å²) in [6.07, 6.45) is 0. The van der Waals surface area contributed by atoms with E-state index < -0.39 is 0 Å². The summed E-state index contributed by atoms with van der Waals surface area (Å²) < 4.78 is 10.9. The van der Waals surface area contributed by atoms with Gasteiger partial charge in [0.25, 0.3) is 5.91 Å². The topological polar surface area (TPSA) is 77.2 Å². The van der Waals surface area contributed by atoms with Gasteiger partial charge < -0.3 is 14.6 Å². The van der Waals surface area contributed by atoms with Gasteiger partial charge in [-0.2, -0.15) is 4.98 Å². The molecule has 0 fully saturated rings. The predicted octanol–water partition coefficient (Wildman–Crippen LogP) is 3.93. The molecule has 0 radical (unpaired) electrons. The van der Waals surface area contributed by atoms with Gasteiger partial charge in [0.05, 0.1) is 11.4 Å². The predicted molar refractivity (Wildman–Crippen MR) is 100 cm³/mol. The van der Waals surface area contributed by atoms with Crippen LogP contribution in [0, 0.1) is 6.92 Å². The number of hydrogen-bond donors (Lipinski definition) is 1. The van der Waals surface area contributed by atoms with E-state index in [9.17, 15) is 4.79 Å². The van der Waals surface area contributed by atoms with Crippen LogP contribution in [0.4, 0.5) is 0 Å². The number of carbonyl (C=O) groups excluding carboxylic acids is 1. The molecular formula is C19H21N3O3S. The highest BCUT2D eigenvalue weighted by Crippen LogP contribution is 2.27. The molecule has 3 rings (SSSR count). The smallest absolute Gasteiger partial charge is 0.258 e. The van der Waals surface area contributed by atoms with Crippen molar-refractivity contribution >= 4 is 17.2 Å². The van der Waals surface area contributed by atoms with E-state index in [1.807, 2.05) is 42.6 Å². The summed E-state index contributed by atoms with van der Waals surface area (Å²) in [7, 11) is 0. The molecule has 0 aliphatic rings. The van der Waals surface area contributed by atoms with Crippen LogP contribution >= 0.6 is 11.3 Å². The summed E-state index contributed by atoms with van der Waals surface area (Å²) in [6.45, 7) is 6.30. The normalized spacial score (nSPS) is 10.9. The molecule has 0 bridgehead atoms. The third kappa shape index (κ3) is 4.49. The molecule has 1 amide bonds. The summed E-state index contributed by atoms with van der Waals surface area (Å²) in [5, 5.41) is 8.59. The van der Waals surface area contributed by atoms with Gasteiger partial charge in [-0.05, 0) is 41.5 Å². The van der Waals surface area contributed by atoms with Gasteiger partial charge in [0.15, 0.2) is 6.61 Å². The minimum absolute atomic E-state index is 0.0604. The van der Waals surface area contributed by atoms with Gasteiger partial charge in [-0.1, -0.05) is 37.2 Å². The van der Waals surface area contributed by atoms with Gasteiger partial charge >= 0.3 is 0 Å². The Morgan fingerprint density at radius 2 is 2.19 bits per heavy atom. The Kier molecular flexibility index (Phi) is 5.68. The molecule has 0 unspecified atom stereocenters. The van der Waals surface area contributed by atoms with E-state index in [1.165, 1.54) is 11.3 Å². The van der Waals surface area contributed by atoms with Crippen LogP contribution in [0.3, 0.4) is 0 Å². The lowest BCUT2D eigenvalue weighted by Crippen LogP contribution is -2.28. The second-order valence-corrected chi connectivity index (χ2v) is 7.20. The molecule has 3 aromatic rings. The largest absolute Gasteiger partial charge is 0.483 e. The standard InChI is InChI=1S/C19H21N3O3S/c1-12(2)14-7-6-13(3)9-15(14)24-11-17(23)20-10-18-21-19(22-25-18)16-5-4-8-26-16/h4-9,12H,10-11H2,1-3H3,(H,20,23). The second kappa shape index (κ2) is 8.14. The second-order valence-electron chi connectivity index (χ2n) is 6.25. The lowest BCUT2D eigenvalue weighted by molar-refractivity contribution is -0.123. The van der Waals surface area contributed by atoms with Gasteiger partial charge in [0.1, 0.15) is 5.75 Å². The van der Waals surface area contributed by atoms with Crippen LogP contribution in [0.1, 0.15) is 36.8 Å². The number of benzene rings is 1. The summed E-state index contributed by atoms with van der Waals surface area (Å²) >= 11 is 1.53. The fraction of sp³-hybridized carbons (Fsp3) is 0.316. The highest BCUT2D eigenvalue weighted by atomic mass is 32.1. The van der Waals surface area contributed by atoms with Crippen LogP contribution in [-0.4, -0.2) is 22.7 Å². The third-order valence-corrected chi connectivity index (χ3v) is 4.66. The van der Waals surface area contributed by atoms with Crippen LogP contribution in [0.2, 0.25) is 0 Å². The molecule has 136 valence electrons. The van der Waals surface area contributed by atoms with E-state index in [0.717, 1.165) is 21.8 Å². The number of nitrogens with one attached hydrogen (secondary N) is 1. The minimum atomic E-state index is -0.239. The number of rotatable bonds is 7. The molecular weight excluding hydrogens is 350 g/mol. The summed E-state index contributed by atoms with van der Waals surface area (Å²) in [5.41, 5.74) is 2.18. The van der Waals surface area contributed by atoms with Gasteiger partial charge in [-0.15, -0.1) is 11.3 Å². The lowest BCUT2D eigenvalue weighted by atomic mass is 10.0. The van der Waals surface area contributed by atoms with Crippen molar-refractivity contribution in [3.8, 4) is 16.5 Å². The first-order valence-electron chi connectivity index (χ1n) is 8.39. The Balaban J connectivity index is 1.53. The molecule has 26 heavy (non-hydrogen) atoms. The monoisotopic (exact) mass is 371 g/mol. The van der Waals surface area contributed by atoms with E-state index >= 15 is 0 Å². The molecule has 0 spiro atoms. The van der Waals surface area contributed by atoms with E-state index in [1.54, 1.807) is 0 Å². The van der Waals surface area contributed by atoms with Gasteiger partial charge in [-0.25, -0.2) is 0 Å². The molecule has 0 saturated heterocycles. The maximum Gasteiger partial charge on any atom is 0.258 e. The van der Waals surface area contributed by atoms with Crippen molar-refractivity contribution < 1.29 is 14.1 Å². The zero-order chi connectivity index (χ0) is 18.5. The average Bonchev–Trinajstić information content (AvgIpc) is 3.29. The number of hydrogen-bond acceptors (Lipinski definition) is 6. The van der Waals surface area contributed by atoms with Gasteiger partial charge in [0, 0.05) is 0 Å². The Morgan fingerprint density at radius 1 is 1.35 bits per heavy atom. The SMILES string of the molecule is Cc1ccc(C(C)C)c(OCC(=O)NCc2nc(-c3cccs3)no2)c1. The number of amides is 1. The zero-order valence-electron chi connectivity index (χ0n) is 15.0. The van der Waals surface area contributed by atoms with Crippen molar-refractivity contribution in [1.82, 2.24) is 15.5 Å². The summed E-state index contributed by atoms with van der Waals surface area (Å²) in [4.78, 5) is 17.3. The number of carbonyl (C=O) groups is 1. The molecule has 6 nitrogen and oxygen atoms in total. The average molecular weight is 371 g/mol. The molecule has 0 aliphatic carbocycles. The fourth-order valence-corrected chi connectivity index (χ4v) is 3.09. The molecule has 0 aliphatic heterocycles. The Bertz CT molecular complexity index is 872. The van der Waals surface area contributed by atoms with Crippen LogP contribution in [0.15, 0.2) is 40.2 Å². The van der Waals surface area contributed by atoms with Crippen molar-refractivity contribution in [2.24, 2.45) is 0 Å². The molecule has 1 N–H and O–H groups in total. The zero-order valence-corrected chi connectivity index (χ0v) is 15.8. The van der Waals surface area contributed by atoms with Gasteiger partial charge in [0.2, 0.25) is 11.7 Å². The fourth-order valence-electron chi connectivity index (χ4n) is 2.44. The first-order chi connectivity index (χ1) is 12.5. The maximum atomic E-state index is 12.1. The van der Waals surface area contributed by atoms with Crippen LogP contribution in [0.25, 0.3) is 10.7 Å². The molecule has 0 atom stereocenters. The highest BCUT2D eigenvalue weighted by molar-refractivity contribution is 7.13. The number of aromatic nitrogens is 2. The minimum Gasteiger partial charge on any atom is -0.483 e. The van der Waals surface area contributed by atoms with E-state index in [2.05, 4.69) is 29.3 Å². The number of aryl methyl sites for hydroxylation is 1. The molecule has 0 saturated carbocycles. The third-order valence-electron chi connectivity index (χ3n) is 3.80. The van der Waals surface area contributed by atoms with Crippen LogP contribution in [0.5, 0.6) is 5.75 Å². The molecule has 7 heteroatoms. The van der Waals surface area contributed by atoms with Crippen molar-refractivity contribution in [3.05, 3.63) is 52.7 Å². The Labute approximate surface area is 156 Å². The van der Waals surface area contributed by atoms with Crippen molar-refractivity contribution in [1.29, 1.82) is 0 Å². The Morgan fingerprint density at radius 3 is 2.92 bits per heavy atom. The molecule has 1 aromatic carbocycles. The number of ether oxygens (including phenoxy) is 1. The van der Waals surface area contributed by atoms with E-state index in [0.29, 0.717) is 17.6 Å². The first kappa shape index (κ1) is 18.1. The van der Waals surface area contributed by atoms with Gasteiger partial charge in [-0.3, -0.25) is 4.79 Å². The molecule has 2 heterocycles. The number of nitrogens with zero attached hydrogens (tertiary/aromatic N) is 2. The number of thiophene rings is 1. The van der Waals surface area contributed by atoms with E-state index in [4.69, 9.17) is 9.26 Å². The van der Waals surface area contributed by atoms with Crippen molar-refractivity contribution in [2.75, 3.05) is 6.61 Å². The van der Waals surface area contributed by atoms with Crippen molar-refractivity contribution in [2.45, 2.75) is 33.2 Å². The lowest BCUT2D eigenvalue weighted by Gasteiger charge is -2.14. The summed E-state index contributed by atoms with van der Waals surface area (Å²) in [5.74, 6) is 1.72. The Hall–Kier alpha value is -2.67. The highest BCUT2D eigenvalue weighted by Gasteiger charge is 2.12. The molecule has 2 aromatic heterocycles. The maximum absolute atomic E-state index is 12.1. The van der Waals surface area contributed by atoms with Crippen LogP contribution in [-0.2, 0) is 11.3 Å². The quantitative estimate of drug-likeness (QED) is 0.681. The first-order valence-corrected chi connectivity index (χ1v) is 9.27. The van der Waals surface area contributed by atoms with Crippen molar-refractivity contribution in [3.63, 3.8) is 0 Å². The summed E-state index contributed by atoms with van der Waals surface area (Å²) in [6, 6.07) is 9.88. The van der Waals surface area contributed by atoms with Crippen LogP contribution < -0.4 is 10.1 Å².